The van der Waals surface area contributed by atoms with Crippen molar-refractivity contribution in [3.05, 3.63) is 29.8 Å². The molecule has 0 aliphatic carbocycles. The molecule has 102 valence electrons. The van der Waals surface area contributed by atoms with Crippen LogP contribution in [0.2, 0.25) is 0 Å². The fourth-order valence-electron chi connectivity index (χ4n) is 1.56. The summed E-state index contributed by atoms with van der Waals surface area (Å²) in [6.07, 6.45) is 2.92. The highest BCUT2D eigenvalue weighted by molar-refractivity contribution is 5.24. The third-order valence-corrected chi connectivity index (χ3v) is 2.52. The van der Waals surface area contributed by atoms with Gasteiger partial charge in [0, 0.05) is 12.1 Å². The van der Waals surface area contributed by atoms with Crippen LogP contribution < -0.4 is 10.1 Å². The molecule has 18 heavy (non-hydrogen) atoms. The summed E-state index contributed by atoms with van der Waals surface area (Å²) in [5, 5.41) is 3.32. The van der Waals surface area contributed by atoms with Gasteiger partial charge in [0.05, 0.1) is 6.61 Å². The molecule has 0 saturated heterocycles. The van der Waals surface area contributed by atoms with Crippen LogP contribution in [0.3, 0.4) is 0 Å². The monoisotopic (exact) mass is 257 g/mol. The average Bonchev–Trinajstić information content (AvgIpc) is 2.32. The van der Waals surface area contributed by atoms with Gasteiger partial charge in [-0.25, -0.2) is 8.78 Å². The Morgan fingerprint density at radius 3 is 2.67 bits per heavy atom. The van der Waals surface area contributed by atoms with E-state index < -0.39 is 11.6 Å². The Kier molecular flexibility index (Phi) is 6.65. The van der Waals surface area contributed by atoms with Crippen molar-refractivity contribution in [2.24, 2.45) is 0 Å². The van der Waals surface area contributed by atoms with E-state index in [1.165, 1.54) is 0 Å². The van der Waals surface area contributed by atoms with Gasteiger partial charge in [0.1, 0.15) is 5.82 Å². The molecule has 0 amide bonds. The highest BCUT2D eigenvalue weighted by Gasteiger charge is 2.04. The lowest BCUT2D eigenvalue weighted by Gasteiger charge is -2.09. The molecule has 0 aliphatic heterocycles. The third kappa shape index (κ3) is 5.96. The molecule has 0 spiro atoms. The Bertz CT molecular complexity index is 356. The number of benzene rings is 1. The van der Waals surface area contributed by atoms with Gasteiger partial charge in [-0.2, -0.15) is 0 Å². The molecule has 4 heteroatoms. The smallest absolute Gasteiger partial charge is 0.165 e. The molecule has 2 nitrogen and oxygen atoms in total. The van der Waals surface area contributed by atoms with Crippen LogP contribution in [0.5, 0.6) is 5.75 Å². The molecule has 0 saturated carbocycles. The van der Waals surface area contributed by atoms with Gasteiger partial charge < -0.3 is 10.1 Å². The quantitative estimate of drug-likeness (QED) is 0.719. The number of hydrogen-bond donors (Lipinski definition) is 1. The first-order valence-electron chi connectivity index (χ1n) is 6.41. The zero-order valence-electron chi connectivity index (χ0n) is 11.0. The first-order chi connectivity index (χ1) is 8.59. The molecule has 0 radical (unpaired) electrons. The summed E-state index contributed by atoms with van der Waals surface area (Å²) in [6, 6.07) is 3.75. The fourth-order valence-corrected chi connectivity index (χ4v) is 1.56. The maximum absolute atomic E-state index is 13.2. The lowest BCUT2D eigenvalue weighted by molar-refractivity contribution is 0.288. The van der Waals surface area contributed by atoms with Gasteiger partial charge in [-0.1, -0.05) is 13.8 Å². The van der Waals surface area contributed by atoms with Gasteiger partial charge in [0.2, 0.25) is 0 Å². The van der Waals surface area contributed by atoms with Crippen molar-refractivity contribution in [3.63, 3.8) is 0 Å². The van der Waals surface area contributed by atoms with Crippen molar-refractivity contribution in [3.8, 4) is 5.75 Å². The molecule has 0 aromatic heterocycles. The summed E-state index contributed by atoms with van der Waals surface area (Å²) < 4.78 is 31.2. The lowest BCUT2D eigenvalue weighted by Crippen LogP contribution is -2.23. The van der Waals surface area contributed by atoms with Gasteiger partial charge in [-0.3, -0.25) is 0 Å². The summed E-state index contributed by atoms with van der Waals surface area (Å²) in [6.45, 7) is 5.61. The van der Waals surface area contributed by atoms with Crippen LogP contribution in [0.15, 0.2) is 18.2 Å². The second kappa shape index (κ2) is 8.03. The topological polar surface area (TPSA) is 21.3 Å². The maximum Gasteiger partial charge on any atom is 0.165 e. The van der Waals surface area contributed by atoms with E-state index in [0.29, 0.717) is 12.6 Å². The van der Waals surface area contributed by atoms with Gasteiger partial charge in [0.25, 0.3) is 0 Å². The van der Waals surface area contributed by atoms with Crippen LogP contribution in [-0.4, -0.2) is 19.2 Å². The molecular formula is C14H21F2NO. The van der Waals surface area contributed by atoms with E-state index in [4.69, 9.17) is 4.74 Å². The highest BCUT2D eigenvalue weighted by Crippen LogP contribution is 2.18. The Hall–Kier alpha value is -1.16. The number of ether oxygens (including phenoxy) is 1. The maximum atomic E-state index is 13.2. The SMILES string of the molecule is CC(C)NCCCCCOc1cc(F)ccc1F. The highest BCUT2D eigenvalue weighted by atomic mass is 19.1. The average molecular weight is 257 g/mol. The molecule has 0 aliphatic rings. The molecule has 1 aromatic rings. The molecule has 0 atom stereocenters. The van der Waals surface area contributed by atoms with Crippen LogP contribution in [0.1, 0.15) is 33.1 Å². The molecule has 1 rings (SSSR count). The minimum Gasteiger partial charge on any atom is -0.490 e. The van der Waals surface area contributed by atoms with E-state index in [2.05, 4.69) is 19.2 Å². The predicted molar refractivity (Wildman–Crippen MR) is 68.8 cm³/mol. The first kappa shape index (κ1) is 14.9. The molecular weight excluding hydrogens is 236 g/mol. The van der Waals surface area contributed by atoms with Crippen LogP contribution in [0, 0.1) is 11.6 Å². The first-order valence-corrected chi connectivity index (χ1v) is 6.41. The molecule has 0 unspecified atom stereocenters. The summed E-state index contributed by atoms with van der Waals surface area (Å²) >= 11 is 0. The van der Waals surface area contributed by atoms with Crippen molar-refractivity contribution in [2.75, 3.05) is 13.2 Å². The van der Waals surface area contributed by atoms with Crippen LogP contribution in [0.25, 0.3) is 0 Å². The standard InChI is InChI=1S/C14H21F2NO/c1-11(2)17-8-4-3-5-9-18-14-10-12(15)6-7-13(14)16/h6-7,10-11,17H,3-5,8-9H2,1-2H3. The van der Waals surface area contributed by atoms with Gasteiger partial charge in [-0.05, 0) is 37.9 Å². The Labute approximate surface area is 107 Å². The number of unbranched alkanes of at least 4 members (excludes halogenated alkanes) is 2. The summed E-state index contributed by atoms with van der Waals surface area (Å²) in [5.74, 6) is -0.999. The number of nitrogens with one attached hydrogen (secondary N) is 1. The van der Waals surface area contributed by atoms with Gasteiger partial charge in [0.15, 0.2) is 11.6 Å². The van der Waals surface area contributed by atoms with E-state index in [0.717, 1.165) is 44.0 Å². The van der Waals surface area contributed by atoms with E-state index in [-0.39, 0.29) is 5.75 Å². The zero-order valence-corrected chi connectivity index (χ0v) is 11.0. The Morgan fingerprint density at radius 1 is 1.17 bits per heavy atom. The van der Waals surface area contributed by atoms with Crippen molar-refractivity contribution < 1.29 is 13.5 Å². The summed E-state index contributed by atoms with van der Waals surface area (Å²) in [5.41, 5.74) is 0. The van der Waals surface area contributed by atoms with Crippen LogP contribution in [-0.2, 0) is 0 Å². The third-order valence-electron chi connectivity index (χ3n) is 2.52. The molecule has 1 N–H and O–H groups in total. The lowest BCUT2D eigenvalue weighted by atomic mass is 10.2. The van der Waals surface area contributed by atoms with Crippen molar-refractivity contribution in [1.82, 2.24) is 5.32 Å². The van der Waals surface area contributed by atoms with Crippen LogP contribution >= 0.6 is 0 Å². The van der Waals surface area contributed by atoms with Crippen molar-refractivity contribution in [2.45, 2.75) is 39.2 Å². The van der Waals surface area contributed by atoms with Crippen molar-refractivity contribution >= 4 is 0 Å². The van der Waals surface area contributed by atoms with Gasteiger partial charge in [-0.15, -0.1) is 0 Å². The second-order valence-electron chi connectivity index (χ2n) is 4.59. The predicted octanol–water partition coefficient (Wildman–Crippen LogP) is 3.51. The molecule has 1 aromatic carbocycles. The minimum absolute atomic E-state index is 0.00435. The number of halogens is 2. The molecule has 0 heterocycles. The van der Waals surface area contributed by atoms with E-state index in [1.54, 1.807) is 0 Å². The normalized spacial score (nSPS) is 10.9. The number of rotatable bonds is 8. The van der Waals surface area contributed by atoms with Gasteiger partial charge >= 0.3 is 0 Å². The fraction of sp³-hybridized carbons (Fsp3) is 0.571. The summed E-state index contributed by atoms with van der Waals surface area (Å²) in [7, 11) is 0. The summed E-state index contributed by atoms with van der Waals surface area (Å²) in [4.78, 5) is 0. The zero-order chi connectivity index (χ0) is 13.4. The molecule has 0 fully saturated rings. The largest absolute Gasteiger partial charge is 0.490 e. The van der Waals surface area contributed by atoms with E-state index in [9.17, 15) is 8.78 Å². The van der Waals surface area contributed by atoms with E-state index >= 15 is 0 Å². The van der Waals surface area contributed by atoms with Crippen molar-refractivity contribution in [1.29, 1.82) is 0 Å². The molecule has 0 bridgehead atoms. The minimum atomic E-state index is -0.516. The van der Waals surface area contributed by atoms with E-state index in [1.807, 2.05) is 0 Å². The number of hydrogen-bond acceptors (Lipinski definition) is 2. The second-order valence-corrected chi connectivity index (χ2v) is 4.59. The Balaban J connectivity index is 2.12. The Morgan fingerprint density at radius 2 is 1.94 bits per heavy atom. The van der Waals surface area contributed by atoms with Crippen LogP contribution in [0.4, 0.5) is 8.78 Å².